The van der Waals surface area contributed by atoms with Crippen LogP contribution in [0.1, 0.15) is 19.8 Å². The van der Waals surface area contributed by atoms with E-state index in [1.54, 1.807) is 13.0 Å². The molecule has 1 aromatic rings. The van der Waals surface area contributed by atoms with E-state index in [1.807, 2.05) is 0 Å². The topological polar surface area (TPSA) is 105 Å². The van der Waals surface area contributed by atoms with Gasteiger partial charge in [-0.2, -0.15) is 0 Å². The van der Waals surface area contributed by atoms with Crippen LogP contribution in [-0.2, 0) is 9.53 Å². The summed E-state index contributed by atoms with van der Waals surface area (Å²) in [5, 5.41) is 10.7. The molecule has 1 aromatic carbocycles. The number of hydrogen-bond donors (Lipinski definition) is 1. The lowest BCUT2D eigenvalue weighted by molar-refractivity contribution is -0.385. The third-order valence-corrected chi connectivity index (χ3v) is 3.53. The number of hydrogen-bond acceptors (Lipinski definition) is 6. The van der Waals surface area contributed by atoms with Crippen LogP contribution in [0, 0.1) is 10.1 Å². The normalized spacial score (nSPS) is 13.3. The van der Waals surface area contributed by atoms with Crippen molar-refractivity contribution in [1.29, 1.82) is 0 Å². The minimum absolute atomic E-state index is 0.0496. The molecule has 0 heterocycles. The molecule has 0 fully saturated rings. The Morgan fingerprint density at radius 3 is 2.76 bits per heavy atom. The summed E-state index contributed by atoms with van der Waals surface area (Å²) >= 11 is 3.26. The zero-order chi connectivity index (χ0) is 16.0. The Kier molecular flexibility index (Phi) is 6.10. The highest BCUT2D eigenvalue weighted by molar-refractivity contribution is 9.10. The maximum absolute atomic E-state index is 11.4. The fourth-order valence-electron chi connectivity index (χ4n) is 1.67. The molecule has 2 N–H and O–H groups in total. The summed E-state index contributed by atoms with van der Waals surface area (Å²) in [7, 11) is 1.28. The van der Waals surface area contributed by atoms with Crippen LogP contribution in [0.4, 0.5) is 5.69 Å². The molecule has 0 saturated heterocycles. The molecule has 0 aliphatic heterocycles. The number of halogens is 1. The lowest BCUT2D eigenvalue weighted by atomic mass is 9.98. The number of nitro groups is 1. The van der Waals surface area contributed by atoms with E-state index in [9.17, 15) is 14.9 Å². The van der Waals surface area contributed by atoms with E-state index < -0.39 is 16.4 Å². The lowest BCUT2D eigenvalue weighted by Crippen LogP contribution is -2.45. The fourth-order valence-corrected chi connectivity index (χ4v) is 2.03. The summed E-state index contributed by atoms with van der Waals surface area (Å²) in [6.07, 6.45) is 0.892. The third-order valence-electron chi connectivity index (χ3n) is 2.88. The van der Waals surface area contributed by atoms with Crippen molar-refractivity contribution in [3.63, 3.8) is 0 Å². The van der Waals surface area contributed by atoms with Gasteiger partial charge in [0.2, 0.25) is 0 Å². The van der Waals surface area contributed by atoms with E-state index in [1.165, 1.54) is 19.2 Å². The average molecular weight is 361 g/mol. The molecule has 0 amide bonds. The van der Waals surface area contributed by atoms with Gasteiger partial charge in [0.15, 0.2) is 0 Å². The van der Waals surface area contributed by atoms with Crippen molar-refractivity contribution < 1.29 is 19.2 Å². The van der Waals surface area contributed by atoms with Gasteiger partial charge in [0.25, 0.3) is 5.69 Å². The van der Waals surface area contributed by atoms with Crippen molar-refractivity contribution in [2.45, 2.75) is 25.3 Å². The van der Waals surface area contributed by atoms with Crippen LogP contribution < -0.4 is 10.5 Å². The first-order chi connectivity index (χ1) is 9.77. The maximum atomic E-state index is 11.4. The van der Waals surface area contributed by atoms with E-state index in [2.05, 4.69) is 20.7 Å². The Balaban J connectivity index is 2.55. The Bertz CT molecular complexity index is 533. The molecule has 7 nitrogen and oxygen atoms in total. The van der Waals surface area contributed by atoms with Gasteiger partial charge in [-0.15, -0.1) is 0 Å². The van der Waals surface area contributed by atoms with E-state index in [4.69, 9.17) is 10.5 Å². The number of non-ortho nitro benzene ring substituents is 1. The van der Waals surface area contributed by atoms with Crippen LogP contribution in [-0.4, -0.2) is 30.1 Å². The van der Waals surface area contributed by atoms with Crippen LogP contribution in [0.2, 0.25) is 0 Å². The number of nitrogens with two attached hydrogens (primary N) is 1. The summed E-state index contributed by atoms with van der Waals surface area (Å²) in [6.45, 7) is 1.87. The Morgan fingerprint density at radius 1 is 1.52 bits per heavy atom. The summed E-state index contributed by atoms with van der Waals surface area (Å²) in [5.41, 5.74) is 4.69. The van der Waals surface area contributed by atoms with Crippen molar-refractivity contribution >= 4 is 27.6 Å². The number of nitrogens with zero attached hydrogens (tertiary/aromatic N) is 1. The van der Waals surface area contributed by atoms with Crippen LogP contribution in [0.15, 0.2) is 22.7 Å². The molecule has 0 radical (unpaired) electrons. The molecule has 116 valence electrons. The number of esters is 1. The second-order valence-corrected chi connectivity index (χ2v) is 5.59. The molecule has 1 unspecified atom stereocenters. The Morgan fingerprint density at radius 2 is 2.19 bits per heavy atom. The predicted molar refractivity (Wildman–Crippen MR) is 80.1 cm³/mol. The van der Waals surface area contributed by atoms with Gasteiger partial charge in [-0.3, -0.25) is 14.9 Å². The van der Waals surface area contributed by atoms with Gasteiger partial charge in [0.1, 0.15) is 11.3 Å². The molecular weight excluding hydrogens is 344 g/mol. The predicted octanol–water partition coefficient (Wildman–Crippen LogP) is 2.41. The molecule has 0 saturated carbocycles. The summed E-state index contributed by atoms with van der Waals surface area (Å²) in [6, 6.07) is 4.27. The van der Waals surface area contributed by atoms with Crippen molar-refractivity contribution in [3.8, 4) is 5.75 Å². The molecule has 0 spiro atoms. The van der Waals surface area contributed by atoms with Gasteiger partial charge in [-0.25, -0.2) is 0 Å². The molecule has 1 rings (SSSR count). The maximum Gasteiger partial charge on any atom is 0.325 e. The van der Waals surface area contributed by atoms with Crippen molar-refractivity contribution in [2.75, 3.05) is 13.7 Å². The first-order valence-corrected chi connectivity index (χ1v) is 7.01. The van der Waals surface area contributed by atoms with Gasteiger partial charge in [-0.05, 0) is 41.8 Å². The van der Waals surface area contributed by atoms with Gasteiger partial charge in [0.05, 0.1) is 29.2 Å². The highest BCUT2D eigenvalue weighted by Crippen LogP contribution is 2.29. The summed E-state index contributed by atoms with van der Waals surface area (Å²) < 4.78 is 10.7. The largest absolute Gasteiger partial charge is 0.492 e. The summed E-state index contributed by atoms with van der Waals surface area (Å²) in [5.74, 6) is -0.111. The van der Waals surface area contributed by atoms with Crippen LogP contribution >= 0.6 is 15.9 Å². The number of benzene rings is 1. The number of ether oxygens (including phenoxy) is 2. The first kappa shape index (κ1) is 17.4. The smallest absolute Gasteiger partial charge is 0.325 e. The van der Waals surface area contributed by atoms with Crippen LogP contribution in [0.3, 0.4) is 0 Å². The Labute approximate surface area is 130 Å². The van der Waals surface area contributed by atoms with Crippen LogP contribution in [0.5, 0.6) is 5.75 Å². The zero-order valence-electron chi connectivity index (χ0n) is 11.8. The molecule has 0 bridgehead atoms. The van der Waals surface area contributed by atoms with Crippen molar-refractivity contribution in [2.24, 2.45) is 5.73 Å². The second-order valence-electron chi connectivity index (χ2n) is 4.73. The fraction of sp³-hybridized carbons (Fsp3) is 0.462. The minimum atomic E-state index is -1.07. The van der Waals surface area contributed by atoms with E-state index in [-0.39, 0.29) is 12.3 Å². The van der Waals surface area contributed by atoms with E-state index in [0.29, 0.717) is 23.1 Å². The van der Waals surface area contributed by atoms with Crippen molar-refractivity contribution in [3.05, 3.63) is 32.8 Å². The van der Waals surface area contributed by atoms with Crippen LogP contribution in [0.25, 0.3) is 0 Å². The highest BCUT2D eigenvalue weighted by atomic mass is 79.9. The quantitative estimate of drug-likeness (QED) is 0.346. The molecule has 21 heavy (non-hydrogen) atoms. The molecular formula is C13H17BrN2O5. The third kappa shape index (κ3) is 4.98. The average Bonchev–Trinajstić information content (AvgIpc) is 2.43. The molecule has 8 heteroatoms. The van der Waals surface area contributed by atoms with Gasteiger partial charge >= 0.3 is 5.97 Å². The van der Waals surface area contributed by atoms with E-state index in [0.717, 1.165) is 0 Å². The van der Waals surface area contributed by atoms with Gasteiger partial charge in [-0.1, -0.05) is 0 Å². The standard InChI is InChI=1S/C13H17BrN2O5/c1-13(15,12(17)20-2)6-3-7-21-11-8-9(16(18)19)4-5-10(11)14/h4-5,8H,3,6-7,15H2,1-2H3. The molecule has 0 aliphatic carbocycles. The molecule has 0 aromatic heterocycles. The number of carbonyl (C=O) groups excluding carboxylic acids is 1. The number of rotatable bonds is 7. The molecule has 1 atom stereocenters. The zero-order valence-corrected chi connectivity index (χ0v) is 13.4. The number of methoxy groups -OCH3 is 1. The lowest BCUT2D eigenvalue weighted by Gasteiger charge is -2.21. The summed E-state index contributed by atoms with van der Waals surface area (Å²) in [4.78, 5) is 21.6. The highest BCUT2D eigenvalue weighted by Gasteiger charge is 2.28. The Hall–Kier alpha value is -1.67. The minimum Gasteiger partial charge on any atom is -0.492 e. The first-order valence-electron chi connectivity index (χ1n) is 6.22. The van der Waals surface area contributed by atoms with Gasteiger partial charge < -0.3 is 15.2 Å². The number of nitro benzene ring substituents is 1. The van der Waals surface area contributed by atoms with Gasteiger partial charge in [0, 0.05) is 6.07 Å². The van der Waals surface area contributed by atoms with E-state index >= 15 is 0 Å². The second kappa shape index (κ2) is 7.37. The molecule has 0 aliphatic rings. The number of carbonyl (C=O) groups is 1. The van der Waals surface area contributed by atoms with Crippen molar-refractivity contribution in [1.82, 2.24) is 0 Å². The monoisotopic (exact) mass is 360 g/mol. The SMILES string of the molecule is COC(=O)C(C)(N)CCCOc1cc([N+](=O)[O-])ccc1Br.